The summed E-state index contributed by atoms with van der Waals surface area (Å²) in [4.78, 5) is 15.5. The second kappa shape index (κ2) is 4.85. The van der Waals surface area contributed by atoms with Crippen molar-refractivity contribution in [2.24, 2.45) is 5.92 Å². The van der Waals surface area contributed by atoms with Crippen molar-refractivity contribution >= 4 is 5.97 Å². The molecule has 1 aliphatic heterocycles. The van der Waals surface area contributed by atoms with Crippen molar-refractivity contribution in [3.05, 3.63) is 48.5 Å². The molecule has 1 aromatic carbocycles. The normalized spacial score (nSPS) is 22.5. The maximum atomic E-state index is 11.2. The Balaban J connectivity index is 1.99. The van der Waals surface area contributed by atoms with E-state index in [0.29, 0.717) is 18.9 Å². The summed E-state index contributed by atoms with van der Waals surface area (Å²) in [6.07, 6.45) is 3.54. The third kappa shape index (κ3) is 2.13. The molecule has 0 radical (unpaired) electrons. The number of carboxylic acid groups (broad SMARTS) is 1. The minimum Gasteiger partial charge on any atom is -0.481 e. The number of imidazole rings is 1. The first-order valence-electron chi connectivity index (χ1n) is 6.20. The zero-order valence-electron chi connectivity index (χ0n) is 10.3. The van der Waals surface area contributed by atoms with Gasteiger partial charge < -0.3 is 14.4 Å². The monoisotopic (exact) mass is 258 g/mol. The lowest BCUT2D eigenvalue weighted by atomic mass is 10.0. The van der Waals surface area contributed by atoms with E-state index in [1.54, 1.807) is 6.20 Å². The topological polar surface area (TPSA) is 64.3 Å². The predicted molar refractivity (Wildman–Crippen MR) is 68.0 cm³/mol. The van der Waals surface area contributed by atoms with Crippen LogP contribution < -0.4 is 0 Å². The van der Waals surface area contributed by atoms with E-state index in [9.17, 15) is 9.90 Å². The van der Waals surface area contributed by atoms with Crippen LogP contribution in [0.15, 0.2) is 42.7 Å². The summed E-state index contributed by atoms with van der Waals surface area (Å²) in [5.74, 6) is -0.703. The highest BCUT2D eigenvalue weighted by atomic mass is 16.5. The minimum absolute atomic E-state index is 0.462. The number of rotatable bonds is 3. The Kier molecular flexibility index (Phi) is 3.05. The summed E-state index contributed by atoms with van der Waals surface area (Å²) in [6, 6.07) is 9.71. The molecule has 1 aliphatic rings. The molecule has 2 aromatic rings. The van der Waals surface area contributed by atoms with Gasteiger partial charge in [-0.1, -0.05) is 18.2 Å². The van der Waals surface area contributed by atoms with Crippen LogP contribution in [0.5, 0.6) is 0 Å². The van der Waals surface area contributed by atoms with E-state index in [4.69, 9.17) is 4.74 Å². The van der Waals surface area contributed by atoms with Crippen molar-refractivity contribution < 1.29 is 14.6 Å². The van der Waals surface area contributed by atoms with Gasteiger partial charge in [-0.2, -0.15) is 0 Å². The lowest BCUT2D eigenvalue weighted by Crippen LogP contribution is -2.20. The highest BCUT2D eigenvalue weighted by molar-refractivity contribution is 5.71. The molecule has 1 fully saturated rings. The van der Waals surface area contributed by atoms with Crippen LogP contribution in [0.25, 0.3) is 5.69 Å². The van der Waals surface area contributed by atoms with Gasteiger partial charge in [0.05, 0.1) is 5.92 Å². The second-order valence-corrected chi connectivity index (χ2v) is 4.52. The van der Waals surface area contributed by atoms with Crippen LogP contribution in [0.4, 0.5) is 0 Å². The molecule has 0 saturated carbocycles. The number of aliphatic carboxylic acids is 1. The zero-order valence-corrected chi connectivity index (χ0v) is 10.3. The number of carboxylic acids is 1. The highest BCUT2D eigenvalue weighted by Gasteiger charge is 2.37. The number of carbonyl (C=O) groups is 1. The average molecular weight is 258 g/mol. The molecule has 1 N–H and O–H groups in total. The fourth-order valence-corrected chi connectivity index (χ4v) is 2.43. The van der Waals surface area contributed by atoms with Crippen molar-refractivity contribution in [2.45, 2.75) is 12.5 Å². The number of hydrogen-bond acceptors (Lipinski definition) is 3. The van der Waals surface area contributed by atoms with Gasteiger partial charge in [0.15, 0.2) is 0 Å². The number of hydrogen-bond donors (Lipinski definition) is 1. The molecule has 1 saturated heterocycles. The van der Waals surface area contributed by atoms with Crippen molar-refractivity contribution in [1.29, 1.82) is 0 Å². The van der Waals surface area contributed by atoms with Gasteiger partial charge in [0, 0.05) is 24.7 Å². The average Bonchev–Trinajstić information content (AvgIpc) is 3.08. The van der Waals surface area contributed by atoms with E-state index in [1.807, 2.05) is 41.1 Å². The number of benzene rings is 1. The van der Waals surface area contributed by atoms with Crippen LogP contribution in [0, 0.1) is 5.92 Å². The van der Waals surface area contributed by atoms with Gasteiger partial charge in [-0.25, -0.2) is 4.98 Å². The standard InChI is InChI=1S/C14H14N2O3/c17-14(18)11-6-9-19-12(11)13-15-7-8-16(13)10-4-2-1-3-5-10/h1-5,7-8,11-12H,6,9H2,(H,17,18). The minimum atomic E-state index is -0.829. The van der Waals surface area contributed by atoms with Crippen LogP contribution in [-0.2, 0) is 9.53 Å². The van der Waals surface area contributed by atoms with E-state index in [0.717, 1.165) is 5.69 Å². The Bertz CT molecular complexity index is 579. The molecule has 2 unspecified atom stereocenters. The van der Waals surface area contributed by atoms with Crippen LogP contribution in [0.3, 0.4) is 0 Å². The molecule has 19 heavy (non-hydrogen) atoms. The Hall–Kier alpha value is -2.14. The van der Waals surface area contributed by atoms with Gasteiger partial charge in [0.1, 0.15) is 11.9 Å². The largest absolute Gasteiger partial charge is 0.481 e. The van der Waals surface area contributed by atoms with E-state index < -0.39 is 18.0 Å². The Morgan fingerprint density at radius 1 is 1.37 bits per heavy atom. The number of nitrogens with zero attached hydrogens (tertiary/aromatic N) is 2. The predicted octanol–water partition coefficient (Wildman–Crippen LogP) is 2.03. The SMILES string of the molecule is O=C(O)C1CCOC1c1nccn1-c1ccccc1. The van der Waals surface area contributed by atoms with E-state index in [2.05, 4.69) is 4.98 Å². The summed E-state index contributed by atoms with van der Waals surface area (Å²) in [5, 5.41) is 9.23. The molecule has 3 rings (SSSR count). The third-order valence-corrected chi connectivity index (χ3v) is 3.37. The van der Waals surface area contributed by atoms with Crippen LogP contribution in [0.2, 0.25) is 0 Å². The Morgan fingerprint density at radius 3 is 2.89 bits per heavy atom. The summed E-state index contributed by atoms with van der Waals surface area (Å²) < 4.78 is 7.45. The van der Waals surface area contributed by atoms with Gasteiger partial charge in [0.2, 0.25) is 0 Å². The van der Waals surface area contributed by atoms with E-state index >= 15 is 0 Å². The molecule has 2 atom stereocenters. The smallest absolute Gasteiger partial charge is 0.309 e. The van der Waals surface area contributed by atoms with Gasteiger partial charge in [-0.15, -0.1) is 0 Å². The summed E-state index contributed by atoms with van der Waals surface area (Å²) >= 11 is 0. The molecular formula is C14H14N2O3. The van der Waals surface area contributed by atoms with E-state index in [-0.39, 0.29) is 0 Å². The first-order valence-corrected chi connectivity index (χ1v) is 6.20. The van der Waals surface area contributed by atoms with Gasteiger partial charge >= 0.3 is 5.97 Å². The summed E-state index contributed by atoms with van der Waals surface area (Å²) in [5.41, 5.74) is 0.953. The first-order chi connectivity index (χ1) is 9.27. The molecule has 2 heterocycles. The molecule has 5 heteroatoms. The fourth-order valence-electron chi connectivity index (χ4n) is 2.43. The maximum Gasteiger partial charge on any atom is 0.309 e. The molecule has 98 valence electrons. The quantitative estimate of drug-likeness (QED) is 0.915. The molecule has 0 spiro atoms. The van der Waals surface area contributed by atoms with Gasteiger partial charge in [0.25, 0.3) is 0 Å². The molecule has 0 amide bonds. The molecular weight excluding hydrogens is 244 g/mol. The Morgan fingerprint density at radius 2 is 2.16 bits per heavy atom. The molecule has 5 nitrogen and oxygen atoms in total. The van der Waals surface area contributed by atoms with E-state index in [1.165, 1.54) is 0 Å². The number of para-hydroxylation sites is 1. The zero-order chi connectivity index (χ0) is 13.2. The fraction of sp³-hybridized carbons (Fsp3) is 0.286. The maximum absolute atomic E-state index is 11.2. The molecule has 0 bridgehead atoms. The Labute approximate surface area is 110 Å². The lowest BCUT2D eigenvalue weighted by molar-refractivity contribution is -0.143. The van der Waals surface area contributed by atoms with Crippen LogP contribution in [-0.4, -0.2) is 27.2 Å². The molecule has 0 aliphatic carbocycles. The highest BCUT2D eigenvalue weighted by Crippen LogP contribution is 2.34. The third-order valence-electron chi connectivity index (χ3n) is 3.37. The van der Waals surface area contributed by atoms with Crippen molar-refractivity contribution in [2.75, 3.05) is 6.61 Å². The van der Waals surface area contributed by atoms with Gasteiger partial charge in [-0.05, 0) is 18.6 Å². The van der Waals surface area contributed by atoms with Crippen molar-refractivity contribution in [1.82, 2.24) is 9.55 Å². The first kappa shape index (κ1) is 11.9. The van der Waals surface area contributed by atoms with Crippen molar-refractivity contribution in [3.8, 4) is 5.69 Å². The van der Waals surface area contributed by atoms with Crippen LogP contribution >= 0.6 is 0 Å². The molecule has 1 aromatic heterocycles. The summed E-state index contributed by atoms with van der Waals surface area (Å²) in [6.45, 7) is 0.462. The number of ether oxygens (including phenoxy) is 1. The summed E-state index contributed by atoms with van der Waals surface area (Å²) in [7, 11) is 0. The van der Waals surface area contributed by atoms with Crippen LogP contribution in [0.1, 0.15) is 18.3 Å². The lowest BCUT2D eigenvalue weighted by Gasteiger charge is -2.16. The second-order valence-electron chi connectivity index (χ2n) is 4.52. The van der Waals surface area contributed by atoms with Gasteiger partial charge in [-0.3, -0.25) is 4.79 Å². The number of aromatic nitrogens is 2. The van der Waals surface area contributed by atoms with Crippen molar-refractivity contribution in [3.63, 3.8) is 0 Å².